The number of piperidine rings is 3. The minimum atomic E-state index is -0.976. The molecule has 0 radical (unpaired) electrons. The number of aromatic amines is 1. The number of ether oxygens (including phenoxy) is 1. The number of para-hydroxylation sites is 1. The number of fused-ring (bicyclic) bond motifs is 1. The highest BCUT2D eigenvalue weighted by molar-refractivity contribution is 5.85. The van der Waals surface area contributed by atoms with Crippen molar-refractivity contribution in [1.82, 2.24) is 24.6 Å². The third-order valence-electron chi connectivity index (χ3n) is 11.7. The van der Waals surface area contributed by atoms with E-state index in [-0.39, 0.29) is 23.9 Å². The largest absolute Gasteiger partial charge is 0.436 e. The van der Waals surface area contributed by atoms with Crippen molar-refractivity contribution in [2.24, 2.45) is 5.41 Å². The monoisotopic (exact) mass is 712 g/mol. The van der Waals surface area contributed by atoms with Crippen LogP contribution in [-0.4, -0.2) is 114 Å². The SMILES string of the molecule is CNc1ccccc1CCN(C=O)C1CCN(C(=O)O[C@H](Cc2cc(C)c3[nH]c(=O)ccc3c2)C(=O)N2CCC(N3CCC(C)(C)CC3)CC2)CC1. The fraction of sp³-hybridized carbons (Fsp3) is 0.561. The third-order valence-corrected chi connectivity index (χ3v) is 11.7. The molecular weight excluding hydrogens is 656 g/mol. The van der Waals surface area contributed by atoms with E-state index in [1.807, 2.05) is 54.1 Å². The minimum absolute atomic E-state index is 0.0278. The van der Waals surface area contributed by atoms with Gasteiger partial charge in [-0.05, 0) is 111 Å². The molecule has 52 heavy (non-hydrogen) atoms. The number of nitrogens with zero attached hydrogens (tertiary/aromatic N) is 4. The Kier molecular flexibility index (Phi) is 11.9. The van der Waals surface area contributed by atoms with Crippen LogP contribution >= 0.6 is 0 Å². The van der Waals surface area contributed by atoms with E-state index in [4.69, 9.17) is 4.74 Å². The summed E-state index contributed by atoms with van der Waals surface area (Å²) in [6.07, 6.45) is 5.93. The minimum Gasteiger partial charge on any atom is -0.436 e. The van der Waals surface area contributed by atoms with Crippen LogP contribution in [0.2, 0.25) is 0 Å². The maximum atomic E-state index is 14.2. The Hall–Kier alpha value is -4.38. The van der Waals surface area contributed by atoms with Crippen molar-refractivity contribution < 1.29 is 19.1 Å². The number of H-pyrrole nitrogens is 1. The van der Waals surface area contributed by atoms with Gasteiger partial charge in [0.05, 0.1) is 5.52 Å². The van der Waals surface area contributed by atoms with E-state index in [2.05, 4.69) is 35.1 Å². The molecule has 0 saturated carbocycles. The summed E-state index contributed by atoms with van der Waals surface area (Å²) in [6, 6.07) is 15.8. The van der Waals surface area contributed by atoms with Crippen LogP contribution in [0.3, 0.4) is 0 Å². The van der Waals surface area contributed by atoms with Crippen LogP contribution < -0.4 is 10.9 Å². The van der Waals surface area contributed by atoms with Gasteiger partial charge in [0.15, 0.2) is 6.10 Å². The fourth-order valence-corrected chi connectivity index (χ4v) is 8.31. The molecule has 0 spiro atoms. The lowest BCUT2D eigenvalue weighted by Gasteiger charge is -2.44. The number of carbonyl (C=O) groups is 3. The van der Waals surface area contributed by atoms with Gasteiger partial charge in [-0.3, -0.25) is 14.4 Å². The summed E-state index contributed by atoms with van der Waals surface area (Å²) in [5, 5.41) is 4.09. The van der Waals surface area contributed by atoms with E-state index < -0.39 is 12.2 Å². The molecule has 2 N–H and O–H groups in total. The van der Waals surface area contributed by atoms with Crippen molar-refractivity contribution in [2.75, 3.05) is 58.2 Å². The second-order valence-electron chi connectivity index (χ2n) is 15.8. The van der Waals surface area contributed by atoms with Crippen molar-refractivity contribution in [2.45, 2.75) is 90.3 Å². The number of aromatic nitrogens is 1. The van der Waals surface area contributed by atoms with Gasteiger partial charge in [0.1, 0.15) is 0 Å². The van der Waals surface area contributed by atoms with Crippen LogP contribution in [0.1, 0.15) is 69.1 Å². The summed E-state index contributed by atoms with van der Waals surface area (Å²) in [7, 11) is 1.90. The van der Waals surface area contributed by atoms with E-state index in [1.54, 1.807) is 11.0 Å². The number of nitrogens with one attached hydrogen (secondary N) is 2. The number of anilines is 1. The molecule has 3 fully saturated rings. The lowest BCUT2D eigenvalue weighted by atomic mass is 9.82. The van der Waals surface area contributed by atoms with Crippen LogP contribution in [0, 0.1) is 12.3 Å². The van der Waals surface area contributed by atoms with Gasteiger partial charge in [-0.2, -0.15) is 0 Å². The Morgan fingerprint density at radius 3 is 2.37 bits per heavy atom. The summed E-state index contributed by atoms with van der Waals surface area (Å²) in [6.45, 7) is 11.6. The first kappa shape index (κ1) is 37.4. The molecule has 2 aromatic carbocycles. The smallest absolute Gasteiger partial charge is 0.410 e. The van der Waals surface area contributed by atoms with Gasteiger partial charge < -0.3 is 34.6 Å². The zero-order valence-corrected chi connectivity index (χ0v) is 31.4. The third kappa shape index (κ3) is 8.97. The number of hydrogen-bond acceptors (Lipinski definition) is 7. The molecular formula is C41H56N6O5. The van der Waals surface area contributed by atoms with Crippen molar-refractivity contribution in [3.8, 4) is 0 Å². The van der Waals surface area contributed by atoms with E-state index in [1.165, 1.54) is 18.9 Å². The molecule has 3 aliphatic heterocycles. The number of hydrogen-bond donors (Lipinski definition) is 2. The molecule has 1 aromatic heterocycles. The van der Waals surface area contributed by atoms with Crippen LogP contribution in [0.25, 0.3) is 10.9 Å². The topological polar surface area (TPSA) is 118 Å². The van der Waals surface area contributed by atoms with Gasteiger partial charge in [0.2, 0.25) is 12.0 Å². The number of aryl methyl sites for hydroxylation is 1. The van der Waals surface area contributed by atoms with Gasteiger partial charge in [0, 0.05) is 70.0 Å². The Morgan fingerprint density at radius 1 is 0.981 bits per heavy atom. The Bertz CT molecular complexity index is 1760. The number of rotatable bonds is 11. The normalized spacial score (nSPS) is 19.3. The zero-order valence-electron chi connectivity index (χ0n) is 31.4. The number of carbonyl (C=O) groups excluding carboxylic acids is 3. The quantitative estimate of drug-likeness (QED) is 0.263. The Morgan fingerprint density at radius 2 is 1.67 bits per heavy atom. The second kappa shape index (κ2) is 16.5. The Balaban J connectivity index is 1.10. The lowest BCUT2D eigenvalue weighted by Crippen LogP contribution is -2.53. The van der Waals surface area contributed by atoms with Gasteiger partial charge in [-0.25, -0.2) is 4.79 Å². The summed E-state index contributed by atoms with van der Waals surface area (Å²) in [4.78, 5) is 63.0. The Labute approximate surface area is 307 Å². The average Bonchev–Trinajstić information content (AvgIpc) is 3.15. The zero-order chi connectivity index (χ0) is 36.8. The maximum absolute atomic E-state index is 14.2. The molecule has 3 amide bonds. The standard InChI is InChI=1S/C41H56N6O5/c1-29-25-30(26-32-9-10-37(49)43-38(29)32)27-36(39(50)45-19-12-33(13-20-45)44-23-16-41(2,3)17-24-44)52-40(51)46-21-14-34(15-22-46)47(28-48)18-11-31-7-5-6-8-35(31)42-4/h5-10,25-26,28,33-34,36,42H,11-24,27H2,1-4H3,(H,43,49)/t36-/m1/s1. The van der Waals surface area contributed by atoms with Crippen molar-refractivity contribution in [1.29, 1.82) is 0 Å². The molecule has 11 heteroatoms. The first-order valence-electron chi connectivity index (χ1n) is 19.1. The molecule has 1 atom stereocenters. The summed E-state index contributed by atoms with van der Waals surface area (Å²) < 4.78 is 6.14. The predicted octanol–water partition coefficient (Wildman–Crippen LogP) is 5.20. The number of benzene rings is 2. The van der Waals surface area contributed by atoms with Gasteiger partial charge in [-0.1, -0.05) is 38.1 Å². The highest BCUT2D eigenvalue weighted by Gasteiger charge is 2.36. The van der Waals surface area contributed by atoms with Crippen LogP contribution in [0.15, 0.2) is 53.3 Å². The van der Waals surface area contributed by atoms with E-state index >= 15 is 0 Å². The van der Waals surface area contributed by atoms with Crippen molar-refractivity contribution in [3.63, 3.8) is 0 Å². The molecule has 3 aliphatic rings. The van der Waals surface area contributed by atoms with Crippen molar-refractivity contribution >= 4 is 35.0 Å². The van der Waals surface area contributed by atoms with Gasteiger partial charge in [-0.15, -0.1) is 0 Å². The number of pyridine rings is 1. The fourth-order valence-electron chi connectivity index (χ4n) is 8.31. The van der Waals surface area contributed by atoms with E-state index in [0.29, 0.717) is 57.0 Å². The molecule has 0 bridgehead atoms. The molecule has 280 valence electrons. The van der Waals surface area contributed by atoms with E-state index in [9.17, 15) is 19.2 Å². The molecule has 0 unspecified atom stereocenters. The molecule has 3 saturated heterocycles. The van der Waals surface area contributed by atoms with E-state index in [0.717, 1.165) is 72.0 Å². The number of likely N-dealkylation sites (tertiary alicyclic amines) is 3. The summed E-state index contributed by atoms with van der Waals surface area (Å²) in [5.74, 6) is -0.158. The predicted molar refractivity (Wildman–Crippen MR) is 205 cm³/mol. The molecule has 0 aliphatic carbocycles. The average molecular weight is 713 g/mol. The highest BCUT2D eigenvalue weighted by Crippen LogP contribution is 2.32. The van der Waals surface area contributed by atoms with Crippen LogP contribution in [0.4, 0.5) is 10.5 Å². The molecule has 4 heterocycles. The first-order valence-corrected chi connectivity index (χ1v) is 19.1. The van der Waals surface area contributed by atoms with Gasteiger partial charge in [0.25, 0.3) is 5.91 Å². The molecule has 6 rings (SSSR count). The second-order valence-corrected chi connectivity index (χ2v) is 15.8. The summed E-state index contributed by atoms with van der Waals surface area (Å²) >= 11 is 0. The summed E-state index contributed by atoms with van der Waals surface area (Å²) in [5.41, 5.74) is 4.96. The number of amides is 3. The van der Waals surface area contributed by atoms with Crippen LogP contribution in [-0.2, 0) is 27.2 Å². The van der Waals surface area contributed by atoms with Crippen LogP contribution in [0.5, 0.6) is 0 Å². The molecule has 3 aromatic rings. The van der Waals surface area contributed by atoms with Gasteiger partial charge >= 0.3 is 6.09 Å². The first-order chi connectivity index (χ1) is 25.0. The molecule has 11 nitrogen and oxygen atoms in total. The van der Waals surface area contributed by atoms with Crippen molar-refractivity contribution in [3.05, 3.63) is 75.6 Å². The maximum Gasteiger partial charge on any atom is 0.410 e. The lowest BCUT2D eigenvalue weighted by molar-refractivity contribution is -0.142. The highest BCUT2D eigenvalue weighted by atomic mass is 16.6.